The van der Waals surface area contributed by atoms with Crippen molar-refractivity contribution in [2.45, 2.75) is 52.0 Å². The van der Waals surface area contributed by atoms with Crippen molar-refractivity contribution in [3.05, 3.63) is 24.7 Å². The Labute approximate surface area is 108 Å². The summed E-state index contributed by atoms with van der Waals surface area (Å²) in [4.78, 5) is 4.39. The van der Waals surface area contributed by atoms with Crippen LogP contribution >= 0.6 is 0 Å². The van der Waals surface area contributed by atoms with Crippen LogP contribution in [0.25, 0.3) is 5.52 Å². The van der Waals surface area contributed by atoms with Crippen molar-refractivity contribution >= 4 is 11.3 Å². The first-order valence-electron chi connectivity index (χ1n) is 6.86. The zero-order valence-corrected chi connectivity index (χ0v) is 11.3. The van der Waals surface area contributed by atoms with Crippen molar-refractivity contribution in [2.24, 2.45) is 0 Å². The molecule has 2 aromatic rings. The third kappa shape index (κ3) is 3.22. The smallest absolute Gasteiger partial charge is 0.152 e. The fraction of sp³-hybridized carbons (Fsp3) is 0.571. The zero-order valence-electron chi connectivity index (χ0n) is 11.3. The molecule has 4 nitrogen and oxygen atoms in total. The summed E-state index contributed by atoms with van der Waals surface area (Å²) in [5.41, 5.74) is 1.04. The molecule has 1 atom stereocenters. The Morgan fingerprint density at radius 2 is 2.17 bits per heavy atom. The van der Waals surface area contributed by atoms with Crippen LogP contribution in [0.5, 0.6) is 0 Å². The molecule has 0 bridgehead atoms. The van der Waals surface area contributed by atoms with Crippen LogP contribution < -0.4 is 5.32 Å². The average molecular weight is 246 g/mol. The fourth-order valence-corrected chi connectivity index (χ4v) is 2.15. The van der Waals surface area contributed by atoms with Gasteiger partial charge in [0.05, 0.1) is 6.20 Å². The number of anilines is 1. The monoisotopic (exact) mass is 246 g/mol. The van der Waals surface area contributed by atoms with Gasteiger partial charge in [0.25, 0.3) is 0 Å². The standard InChI is InChI=1S/C14H22N4/c1-3-4-5-6-7-12(2)17-14-13-8-9-16-18(13)11-10-15-14/h8-12H,3-7H2,1-2H3,(H,15,17). The predicted octanol–water partition coefficient (Wildman–Crippen LogP) is 3.50. The SMILES string of the molecule is CCCCCCC(C)Nc1nccn2nccc12. The topological polar surface area (TPSA) is 42.2 Å². The molecule has 0 saturated heterocycles. The predicted molar refractivity (Wildman–Crippen MR) is 74.8 cm³/mol. The third-order valence-electron chi connectivity index (χ3n) is 3.20. The molecule has 2 heterocycles. The fourth-order valence-electron chi connectivity index (χ4n) is 2.15. The highest BCUT2D eigenvalue weighted by Crippen LogP contribution is 2.15. The highest BCUT2D eigenvalue weighted by Gasteiger charge is 2.06. The van der Waals surface area contributed by atoms with Crippen LogP contribution in [0.15, 0.2) is 24.7 Å². The van der Waals surface area contributed by atoms with E-state index in [9.17, 15) is 0 Å². The lowest BCUT2D eigenvalue weighted by atomic mass is 10.1. The quantitative estimate of drug-likeness (QED) is 0.760. The van der Waals surface area contributed by atoms with Crippen LogP contribution in [0.2, 0.25) is 0 Å². The minimum absolute atomic E-state index is 0.454. The number of nitrogens with one attached hydrogen (secondary N) is 1. The van der Waals surface area contributed by atoms with Crippen LogP contribution in [0.3, 0.4) is 0 Å². The van der Waals surface area contributed by atoms with Gasteiger partial charge in [0, 0.05) is 18.4 Å². The number of hydrogen-bond donors (Lipinski definition) is 1. The second kappa shape index (κ2) is 6.38. The van der Waals surface area contributed by atoms with Crippen molar-refractivity contribution in [1.29, 1.82) is 0 Å². The molecule has 0 spiro atoms. The number of nitrogens with zero attached hydrogens (tertiary/aromatic N) is 3. The van der Waals surface area contributed by atoms with Gasteiger partial charge in [-0.3, -0.25) is 0 Å². The van der Waals surface area contributed by atoms with Crippen molar-refractivity contribution < 1.29 is 0 Å². The lowest BCUT2D eigenvalue weighted by Crippen LogP contribution is -2.16. The van der Waals surface area contributed by atoms with Crippen LogP contribution in [0.4, 0.5) is 5.82 Å². The van der Waals surface area contributed by atoms with Gasteiger partial charge < -0.3 is 5.32 Å². The highest BCUT2D eigenvalue weighted by molar-refractivity contribution is 5.66. The highest BCUT2D eigenvalue weighted by atomic mass is 15.2. The molecular formula is C14H22N4. The lowest BCUT2D eigenvalue weighted by molar-refractivity contribution is 0.593. The van der Waals surface area contributed by atoms with E-state index in [4.69, 9.17) is 0 Å². The van der Waals surface area contributed by atoms with Gasteiger partial charge in [0.2, 0.25) is 0 Å². The van der Waals surface area contributed by atoms with Crippen molar-refractivity contribution in [3.63, 3.8) is 0 Å². The van der Waals surface area contributed by atoms with Crippen LogP contribution in [0, 0.1) is 0 Å². The normalized spacial score (nSPS) is 12.8. The van der Waals surface area contributed by atoms with Crippen molar-refractivity contribution in [1.82, 2.24) is 14.6 Å². The summed E-state index contributed by atoms with van der Waals surface area (Å²) in [6, 6.07) is 2.44. The van der Waals surface area contributed by atoms with E-state index in [0.717, 1.165) is 11.3 Å². The van der Waals surface area contributed by atoms with Gasteiger partial charge in [-0.05, 0) is 19.4 Å². The minimum atomic E-state index is 0.454. The molecule has 0 fully saturated rings. The largest absolute Gasteiger partial charge is 0.366 e. The van der Waals surface area contributed by atoms with E-state index in [0.29, 0.717) is 6.04 Å². The maximum atomic E-state index is 4.39. The number of aromatic nitrogens is 3. The molecule has 18 heavy (non-hydrogen) atoms. The van der Waals surface area contributed by atoms with E-state index >= 15 is 0 Å². The first kappa shape index (κ1) is 12.9. The number of hydrogen-bond acceptors (Lipinski definition) is 3. The zero-order chi connectivity index (χ0) is 12.8. The van der Waals surface area contributed by atoms with E-state index in [-0.39, 0.29) is 0 Å². The van der Waals surface area contributed by atoms with Gasteiger partial charge in [-0.25, -0.2) is 9.50 Å². The molecule has 98 valence electrons. The Morgan fingerprint density at radius 1 is 1.28 bits per heavy atom. The Balaban J connectivity index is 1.90. The number of unbranched alkanes of at least 4 members (excludes halogenated alkanes) is 3. The summed E-state index contributed by atoms with van der Waals surface area (Å²) in [6.45, 7) is 4.46. The van der Waals surface area contributed by atoms with Gasteiger partial charge in [-0.15, -0.1) is 0 Å². The van der Waals surface area contributed by atoms with Gasteiger partial charge >= 0.3 is 0 Å². The van der Waals surface area contributed by atoms with Crippen molar-refractivity contribution in [2.75, 3.05) is 5.32 Å². The van der Waals surface area contributed by atoms with E-state index in [1.54, 1.807) is 12.4 Å². The van der Waals surface area contributed by atoms with E-state index in [1.807, 2.05) is 16.8 Å². The maximum Gasteiger partial charge on any atom is 0.152 e. The Bertz CT molecular complexity index is 477. The van der Waals surface area contributed by atoms with Gasteiger partial charge in [-0.1, -0.05) is 32.6 Å². The van der Waals surface area contributed by atoms with Gasteiger partial charge in [-0.2, -0.15) is 5.10 Å². The lowest BCUT2D eigenvalue weighted by Gasteiger charge is -2.14. The van der Waals surface area contributed by atoms with E-state index in [1.165, 1.54) is 32.1 Å². The average Bonchev–Trinajstić information content (AvgIpc) is 2.84. The molecule has 1 N–H and O–H groups in total. The molecule has 0 aliphatic rings. The molecular weight excluding hydrogens is 224 g/mol. The van der Waals surface area contributed by atoms with E-state index < -0.39 is 0 Å². The first-order valence-corrected chi connectivity index (χ1v) is 6.86. The van der Waals surface area contributed by atoms with Gasteiger partial charge in [0.1, 0.15) is 5.52 Å². The summed E-state index contributed by atoms with van der Waals surface area (Å²) in [6.07, 6.45) is 11.9. The maximum absolute atomic E-state index is 4.39. The summed E-state index contributed by atoms with van der Waals surface area (Å²) in [5, 5.41) is 7.69. The molecule has 1 unspecified atom stereocenters. The molecule has 4 heteroatoms. The Kier molecular flexibility index (Phi) is 4.56. The molecule has 0 amide bonds. The van der Waals surface area contributed by atoms with Crippen LogP contribution in [-0.4, -0.2) is 20.6 Å². The van der Waals surface area contributed by atoms with Crippen LogP contribution in [-0.2, 0) is 0 Å². The molecule has 2 aromatic heterocycles. The van der Waals surface area contributed by atoms with Crippen molar-refractivity contribution in [3.8, 4) is 0 Å². The molecule has 0 saturated carbocycles. The molecule has 2 rings (SSSR count). The number of rotatable bonds is 7. The summed E-state index contributed by atoms with van der Waals surface area (Å²) in [7, 11) is 0. The van der Waals surface area contributed by atoms with E-state index in [2.05, 4.69) is 29.2 Å². The minimum Gasteiger partial charge on any atom is -0.366 e. The second-order valence-electron chi connectivity index (χ2n) is 4.83. The van der Waals surface area contributed by atoms with Gasteiger partial charge in [0.15, 0.2) is 5.82 Å². The molecule has 0 aliphatic carbocycles. The number of fused-ring (bicyclic) bond motifs is 1. The second-order valence-corrected chi connectivity index (χ2v) is 4.83. The Hall–Kier alpha value is -1.58. The molecule has 0 aromatic carbocycles. The summed E-state index contributed by atoms with van der Waals surface area (Å²) >= 11 is 0. The summed E-state index contributed by atoms with van der Waals surface area (Å²) < 4.78 is 1.85. The van der Waals surface area contributed by atoms with Crippen LogP contribution in [0.1, 0.15) is 46.0 Å². The third-order valence-corrected chi connectivity index (χ3v) is 3.20. The molecule has 0 radical (unpaired) electrons. The summed E-state index contributed by atoms with van der Waals surface area (Å²) in [5.74, 6) is 0.929. The first-order chi connectivity index (χ1) is 8.81. The molecule has 0 aliphatic heterocycles. The Morgan fingerprint density at radius 3 is 3.00 bits per heavy atom.